The van der Waals surface area contributed by atoms with Crippen LogP contribution in [0.3, 0.4) is 0 Å². The lowest BCUT2D eigenvalue weighted by Gasteiger charge is -2.28. The Labute approximate surface area is 125 Å². The molecule has 0 aromatic heterocycles. The van der Waals surface area contributed by atoms with Gasteiger partial charge in [0.05, 0.1) is 12.0 Å². The van der Waals surface area contributed by atoms with E-state index < -0.39 is 0 Å². The van der Waals surface area contributed by atoms with E-state index in [0.29, 0.717) is 17.4 Å². The molecule has 0 unspecified atom stereocenters. The smallest absolute Gasteiger partial charge is 0.312 e. The SMILES string of the molecule is CC(C)(C)C1(C)CC1.CCOC(=O)C1(C(C)(C)C)CC1. The molecular weight excluding hydrogens is 248 g/mol. The highest BCUT2D eigenvalue weighted by Gasteiger charge is 2.59. The summed E-state index contributed by atoms with van der Waals surface area (Å²) in [6.07, 6.45) is 4.87. The van der Waals surface area contributed by atoms with Crippen LogP contribution in [0.2, 0.25) is 0 Å². The lowest BCUT2D eigenvalue weighted by atomic mass is 9.77. The summed E-state index contributed by atoms with van der Waals surface area (Å²) in [5, 5.41) is 0. The quantitative estimate of drug-likeness (QED) is 0.650. The van der Waals surface area contributed by atoms with E-state index in [9.17, 15) is 4.79 Å². The van der Waals surface area contributed by atoms with Gasteiger partial charge in [0.1, 0.15) is 0 Å². The number of ether oxygens (including phenoxy) is 1. The second-order valence-corrected chi connectivity index (χ2v) is 8.86. The Hall–Kier alpha value is -0.530. The van der Waals surface area contributed by atoms with Crippen molar-refractivity contribution in [2.45, 2.75) is 81.1 Å². The van der Waals surface area contributed by atoms with Gasteiger partial charge in [-0.25, -0.2) is 0 Å². The predicted molar refractivity (Wildman–Crippen MR) is 84.6 cm³/mol. The molecule has 0 aromatic rings. The Morgan fingerprint density at radius 3 is 1.55 bits per heavy atom. The monoisotopic (exact) mass is 282 g/mol. The van der Waals surface area contributed by atoms with Gasteiger partial charge in [-0.3, -0.25) is 4.79 Å². The van der Waals surface area contributed by atoms with Crippen molar-refractivity contribution in [2.75, 3.05) is 6.61 Å². The van der Waals surface area contributed by atoms with Crippen LogP contribution in [0.5, 0.6) is 0 Å². The van der Waals surface area contributed by atoms with Crippen LogP contribution in [0.15, 0.2) is 0 Å². The van der Waals surface area contributed by atoms with E-state index in [1.807, 2.05) is 6.92 Å². The summed E-state index contributed by atoms with van der Waals surface area (Å²) < 4.78 is 5.06. The zero-order valence-electron chi connectivity index (χ0n) is 14.9. The highest BCUT2D eigenvalue weighted by atomic mass is 16.5. The Morgan fingerprint density at radius 2 is 1.40 bits per heavy atom. The lowest BCUT2D eigenvalue weighted by Crippen LogP contribution is -2.32. The molecule has 0 bridgehead atoms. The summed E-state index contributed by atoms with van der Waals surface area (Å²) in [5.74, 6) is -0.00231. The summed E-state index contributed by atoms with van der Waals surface area (Å²) in [7, 11) is 0. The normalized spacial score (nSPS) is 22.4. The van der Waals surface area contributed by atoms with E-state index in [1.54, 1.807) is 0 Å². The molecule has 0 atom stereocenters. The Balaban J connectivity index is 0.000000217. The second kappa shape index (κ2) is 5.35. The van der Waals surface area contributed by atoms with Crippen LogP contribution < -0.4 is 0 Å². The summed E-state index contributed by atoms with van der Waals surface area (Å²) in [6, 6.07) is 0. The maximum atomic E-state index is 11.6. The van der Waals surface area contributed by atoms with E-state index in [2.05, 4.69) is 48.5 Å². The fourth-order valence-corrected chi connectivity index (χ4v) is 2.59. The average Bonchev–Trinajstić information content (AvgIpc) is 3.08. The zero-order chi connectivity index (χ0) is 15.8. The number of hydrogen-bond donors (Lipinski definition) is 0. The summed E-state index contributed by atoms with van der Waals surface area (Å²) in [5.41, 5.74) is 1.13. The third-order valence-electron chi connectivity index (χ3n) is 5.66. The third-order valence-corrected chi connectivity index (χ3v) is 5.66. The molecule has 118 valence electrons. The summed E-state index contributed by atoms with van der Waals surface area (Å²) >= 11 is 0. The number of carbonyl (C=O) groups excluding carboxylic acids is 1. The van der Waals surface area contributed by atoms with Crippen molar-refractivity contribution in [3.8, 4) is 0 Å². The first-order valence-electron chi connectivity index (χ1n) is 8.07. The van der Waals surface area contributed by atoms with Crippen molar-refractivity contribution in [3.05, 3.63) is 0 Å². The van der Waals surface area contributed by atoms with E-state index in [-0.39, 0.29) is 16.8 Å². The first-order valence-corrected chi connectivity index (χ1v) is 8.07. The molecule has 2 nitrogen and oxygen atoms in total. The molecule has 0 aliphatic heterocycles. The standard InChI is InChI=1S/C10H18O2.C8H16/c1-5-12-8(11)10(6-7-10)9(2,3)4;1-7(2,3)8(4)5-6-8/h5-7H2,1-4H3;5-6H2,1-4H3. The predicted octanol–water partition coefficient (Wildman–Crippen LogP) is 5.21. The molecule has 2 fully saturated rings. The molecule has 0 amide bonds. The molecule has 2 heteroatoms. The highest BCUT2D eigenvalue weighted by Crippen LogP contribution is 2.59. The van der Waals surface area contributed by atoms with Crippen molar-refractivity contribution >= 4 is 5.97 Å². The highest BCUT2D eigenvalue weighted by molar-refractivity contribution is 5.80. The van der Waals surface area contributed by atoms with Gasteiger partial charge in [-0.05, 0) is 48.9 Å². The molecule has 20 heavy (non-hydrogen) atoms. The molecule has 2 saturated carbocycles. The molecule has 0 aromatic carbocycles. The van der Waals surface area contributed by atoms with Gasteiger partial charge in [-0.15, -0.1) is 0 Å². The van der Waals surface area contributed by atoms with Crippen molar-refractivity contribution in [1.82, 2.24) is 0 Å². The van der Waals surface area contributed by atoms with Crippen molar-refractivity contribution in [2.24, 2.45) is 21.7 Å². The largest absolute Gasteiger partial charge is 0.466 e. The zero-order valence-corrected chi connectivity index (χ0v) is 14.9. The van der Waals surface area contributed by atoms with Gasteiger partial charge in [0.2, 0.25) is 0 Å². The van der Waals surface area contributed by atoms with Crippen molar-refractivity contribution < 1.29 is 9.53 Å². The molecule has 0 N–H and O–H groups in total. The lowest BCUT2D eigenvalue weighted by molar-refractivity contribution is -0.154. The van der Waals surface area contributed by atoms with Gasteiger partial charge in [0, 0.05) is 0 Å². The molecule has 0 saturated heterocycles. The number of carbonyl (C=O) groups is 1. The Kier molecular flexibility index (Phi) is 4.68. The van der Waals surface area contributed by atoms with Crippen LogP contribution in [0.4, 0.5) is 0 Å². The van der Waals surface area contributed by atoms with Crippen LogP contribution in [-0.2, 0) is 9.53 Å². The van der Waals surface area contributed by atoms with Gasteiger partial charge in [0.25, 0.3) is 0 Å². The van der Waals surface area contributed by atoms with E-state index in [4.69, 9.17) is 4.74 Å². The van der Waals surface area contributed by atoms with Gasteiger partial charge in [-0.1, -0.05) is 48.5 Å². The van der Waals surface area contributed by atoms with Crippen LogP contribution >= 0.6 is 0 Å². The van der Waals surface area contributed by atoms with Crippen molar-refractivity contribution in [1.29, 1.82) is 0 Å². The molecule has 0 heterocycles. The summed E-state index contributed by atoms with van der Waals surface area (Å²) in [4.78, 5) is 11.6. The van der Waals surface area contributed by atoms with Crippen molar-refractivity contribution in [3.63, 3.8) is 0 Å². The van der Waals surface area contributed by atoms with E-state index in [1.165, 1.54) is 12.8 Å². The Bertz CT molecular complexity index is 343. The molecule has 2 aliphatic rings. The molecule has 0 radical (unpaired) electrons. The maximum absolute atomic E-state index is 11.6. The summed E-state index contributed by atoms with van der Waals surface area (Å²) in [6.45, 7) is 18.1. The minimum atomic E-state index is -0.164. The fraction of sp³-hybridized carbons (Fsp3) is 0.944. The van der Waals surface area contributed by atoms with Gasteiger partial charge in [-0.2, -0.15) is 0 Å². The first-order chi connectivity index (χ1) is 8.90. The van der Waals surface area contributed by atoms with Gasteiger partial charge >= 0.3 is 5.97 Å². The Morgan fingerprint density at radius 1 is 0.950 bits per heavy atom. The topological polar surface area (TPSA) is 26.3 Å². The van der Waals surface area contributed by atoms with Gasteiger partial charge in [0.15, 0.2) is 0 Å². The number of rotatable bonds is 2. The molecule has 0 spiro atoms. The first kappa shape index (κ1) is 17.5. The van der Waals surface area contributed by atoms with Crippen LogP contribution in [0.25, 0.3) is 0 Å². The van der Waals surface area contributed by atoms with Crippen LogP contribution in [0.1, 0.15) is 81.1 Å². The maximum Gasteiger partial charge on any atom is 0.312 e. The minimum absolute atomic E-state index is 0.00231. The second-order valence-electron chi connectivity index (χ2n) is 8.86. The van der Waals surface area contributed by atoms with E-state index >= 15 is 0 Å². The molecule has 2 aliphatic carbocycles. The van der Waals surface area contributed by atoms with Gasteiger partial charge < -0.3 is 4.74 Å². The molecular formula is C18H34O2. The number of esters is 1. The fourth-order valence-electron chi connectivity index (χ4n) is 2.59. The molecule has 2 rings (SSSR count). The third kappa shape index (κ3) is 3.56. The van der Waals surface area contributed by atoms with Crippen LogP contribution in [-0.4, -0.2) is 12.6 Å². The number of hydrogen-bond acceptors (Lipinski definition) is 2. The minimum Gasteiger partial charge on any atom is -0.466 e. The van der Waals surface area contributed by atoms with E-state index in [0.717, 1.165) is 12.8 Å². The van der Waals surface area contributed by atoms with Crippen LogP contribution in [0, 0.1) is 21.7 Å². The average molecular weight is 282 g/mol.